The molecule has 0 radical (unpaired) electrons. The predicted molar refractivity (Wildman–Crippen MR) is 66.7 cm³/mol. The van der Waals surface area contributed by atoms with Gasteiger partial charge in [-0.1, -0.05) is 5.16 Å². The molecule has 1 saturated heterocycles. The smallest absolute Gasteiger partial charge is 0.256 e. The van der Waals surface area contributed by atoms with Gasteiger partial charge in [0.1, 0.15) is 24.4 Å². The molecule has 2 heterocycles. The molecule has 1 aromatic rings. The third kappa shape index (κ3) is 3.30. The molecular formula is C12H16N2O6. The van der Waals surface area contributed by atoms with Gasteiger partial charge in [0, 0.05) is 12.4 Å². The van der Waals surface area contributed by atoms with Crippen LogP contribution in [0.5, 0.6) is 0 Å². The highest BCUT2D eigenvalue weighted by Crippen LogP contribution is 2.21. The standard InChI is InChI=1S/C12H16N2O6/c15-6-8-9(16)10(17)11(18)12(19-8)20-14-5-7-1-3-13-4-2-7/h1-5,8-12,15-18H,6H2/b14-5+/t8?,9?,10-,11?,12-/m0/s1. The fourth-order valence-corrected chi connectivity index (χ4v) is 1.76. The second-order valence-electron chi connectivity index (χ2n) is 4.32. The molecule has 110 valence electrons. The summed E-state index contributed by atoms with van der Waals surface area (Å²) >= 11 is 0. The first-order valence-electron chi connectivity index (χ1n) is 6.03. The Hall–Kier alpha value is -1.58. The van der Waals surface area contributed by atoms with Crippen molar-refractivity contribution < 1.29 is 30.0 Å². The number of oxime groups is 1. The highest BCUT2D eigenvalue weighted by atomic mass is 16.8. The predicted octanol–water partition coefficient (Wildman–Crippen LogP) is -1.77. The maximum atomic E-state index is 9.69. The number of aliphatic hydroxyl groups excluding tert-OH is 4. The van der Waals surface area contributed by atoms with Crippen LogP contribution in [-0.4, -0.2) is 68.9 Å². The van der Waals surface area contributed by atoms with Crippen LogP contribution in [0.2, 0.25) is 0 Å². The minimum absolute atomic E-state index is 0.515. The molecule has 1 aliphatic rings. The van der Waals surface area contributed by atoms with Crippen LogP contribution in [0.25, 0.3) is 0 Å². The summed E-state index contributed by atoms with van der Waals surface area (Å²) < 4.78 is 5.11. The Morgan fingerprint density at radius 1 is 1.20 bits per heavy atom. The van der Waals surface area contributed by atoms with Gasteiger partial charge in [-0.3, -0.25) is 4.98 Å². The maximum Gasteiger partial charge on any atom is 0.256 e. The molecule has 20 heavy (non-hydrogen) atoms. The molecule has 0 aromatic carbocycles. The topological polar surface area (TPSA) is 125 Å². The van der Waals surface area contributed by atoms with Crippen molar-refractivity contribution in [1.82, 2.24) is 4.98 Å². The minimum Gasteiger partial charge on any atom is -0.394 e. The molecule has 8 nitrogen and oxygen atoms in total. The first kappa shape index (κ1) is 14.8. The third-order valence-electron chi connectivity index (χ3n) is 2.92. The van der Waals surface area contributed by atoms with Gasteiger partial charge >= 0.3 is 0 Å². The lowest BCUT2D eigenvalue weighted by Gasteiger charge is -2.38. The molecule has 4 N–H and O–H groups in total. The van der Waals surface area contributed by atoms with Crippen LogP contribution < -0.4 is 0 Å². The third-order valence-corrected chi connectivity index (χ3v) is 2.92. The summed E-state index contributed by atoms with van der Waals surface area (Å²) in [6.07, 6.45) is -2.13. The second-order valence-corrected chi connectivity index (χ2v) is 4.32. The molecule has 5 atom stereocenters. The Balaban J connectivity index is 1.96. The number of rotatable bonds is 4. The average molecular weight is 284 g/mol. The first-order chi connectivity index (χ1) is 9.63. The summed E-state index contributed by atoms with van der Waals surface area (Å²) in [7, 11) is 0. The quantitative estimate of drug-likeness (QED) is 0.381. The highest BCUT2D eigenvalue weighted by molar-refractivity contribution is 5.78. The lowest BCUT2D eigenvalue weighted by molar-refractivity contribution is -0.301. The molecule has 0 spiro atoms. The maximum absolute atomic E-state index is 9.69. The van der Waals surface area contributed by atoms with E-state index in [1.165, 1.54) is 6.21 Å². The molecule has 1 fully saturated rings. The monoisotopic (exact) mass is 284 g/mol. The SMILES string of the molecule is OCC1O[C@@H](O/N=C/c2ccncc2)C(O)[C@@H](O)C1O. The van der Waals surface area contributed by atoms with E-state index in [2.05, 4.69) is 10.1 Å². The molecule has 1 aromatic heterocycles. The fourth-order valence-electron chi connectivity index (χ4n) is 1.76. The lowest BCUT2D eigenvalue weighted by atomic mass is 9.99. The van der Waals surface area contributed by atoms with Crippen molar-refractivity contribution in [2.45, 2.75) is 30.7 Å². The van der Waals surface area contributed by atoms with Gasteiger partial charge < -0.3 is 30.0 Å². The Kier molecular flexibility index (Phi) is 4.99. The van der Waals surface area contributed by atoms with Crippen LogP contribution in [-0.2, 0) is 9.57 Å². The van der Waals surface area contributed by atoms with Gasteiger partial charge in [0.15, 0.2) is 0 Å². The Morgan fingerprint density at radius 3 is 2.55 bits per heavy atom. The summed E-state index contributed by atoms with van der Waals surface area (Å²) in [5, 5.41) is 41.5. The van der Waals surface area contributed by atoms with E-state index in [1.54, 1.807) is 24.5 Å². The molecule has 0 amide bonds. The van der Waals surface area contributed by atoms with Gasteiger partial charge in [0.05, 0.1) is 12.8 Å². The lowest BCUT2D eigenvalue weighted by Crippen LogP contribution is -2.58. The largest absolute Gasteiger partial charge is 0.394 e. The van der Waals surface area contributed by atoms with Crippen LogP contribution >= 0.6 is 0 Å². The highest BCUT2D eigenvalue weighted by Gasteiger charge is 2.44. The molecule has 8 heteroatoms. The normalized spacial score (nSPS) is 34.3. The van der Waals surface area contributed by atoms with E-state index in [-0.39, 0.29) is 0 Å². The summed E-state index contributed by atoms with van der Waals surface area (Å²) in [6.45, 7) is -0.515. The molecular weight excluding hydrogens is 268 g/mol. The van der Waals surface area contributed by atoms with Crippen molar-refractivity contribution in [3.05, 3.63) is 30.1 Å². The zero-order chi connectivity index (χ0) is 14.5. The number of nitrogens with zero attached hydrogens (tertiary/aromatic N) is 2. The van der Waals surface area contributed by atoms with Gasteiger partial charge in [-0.15, -0.1) is 0 Å². The van der Waals surface area contributed by atoms with E-state index >= 15 is 0 Å². The number of aliphatic hydroxyl groups is 4. The molecule has 0 saturated carbocycles. The molecule has 3 unspecified atom stereocenters. The Morgan fingerprint density at radius 2 is 1.90 bits per heavy atom. The van der Waals surface area contributed by atoms with Gasteiger partial charge in [0.25, 0.3) is 6.29 Å². The zero-order valence-corrected chi connectivity index (χ0v) is 10.5. The summed E-state index contributed by atoms with van der Waals surface area (Å²) in [6, 6.07) is 3.39. The molecule has 1 aliphatic heterocycles. The summed E-state index contributed by atoms with van der Waals surface area (Å²) in [4.78, 5) is 8.78. The number of aromatic nitrogens is 1. The average Bonchev–Trinajstić information content (AvgIpc) is 2.48. The first-order valence-corrected chi connectivity index (χ1v) is 6.03. The van der Waals surface area contributed by atoms with Crippen molar-refractivity contribution in [1.29, 1.82) is 0 Å². The zero-order valence-electron chi connectivity index (χ0n) is 10.5. The van der Waals surface area contributed by atoms with E-state index in [9.17, 15) is 15.3 Å². The molecule has 2 rings (SSSR count). The number of ether oxygens (including phenoxy) is 1. The number of hydrogen-bond donors (Lipinski definition) is 4. The van der Waals surface area contributed by atoms with Gasteiger partial charge in [-0.25, -0.2) is 0 Å². The van der Waals surface area contributed by atoms with Crippen LogP contribution in [0.4, 0.5) is 0 Å². The number of pyridine rings is 1. The van der Waals surface area contributed by atoms with Crippen molar-refractivity contribution in [2.75, 3.05) is 6.61 Å². The second kappa shape index (κ2) is 6.73. The van der Waals surface area contributed by atoms with E-state index in [1.807, 2.05) is 0 Å². The minimum atomic E-state index is -1.48. The Labute approximate surface area is 114 Å². The van der Waals surface area contributed by atoms with Gasteiger partial charge in [-0.05, 0) is 17.7 Å². The van der Waals surface area contributed by atoms with Gasteiger partial charge in [0.2, 0.25) is 0 Å². The summed E-state index contributed by atoms with van der Waals surface area (Å²) in [5.41, 5.74) is 0.726. The van der Waals surface area contributed by atoms with Crippen molar-refractivity contribution in [3.8, 4) is 0 Å². The molecule has 0 bridgehead atoms. The summed E-state index contributed by atoms with van der Waals surface area (Å²) in [5.74, 6) is 0. The van der Waals surface area contributed by atoms with E-state index in [4.69, 9.17) is 14.7 Å². The van der Waals surface area contributed by atoms with Gasteiger partial charge in [-0.2, -0.15) is 0 Å². The fraction of sp³-hybridized carbons (Fsp3) is 0.500. The van der Waals surface area contributed by atoms with E-state index in [0.717, 1.165) is 5.56 Å². The number of hydrogen-bond acceptors (Lipinski definition) is 8. The van der Waals surface area contributed by atoms with Crippen LogP contribution in [0.15, 0.2) is 29.7 Å². The molecule has 0 aliphatic carbocycles. The van der Waals surface area contributed by atoms with Crippen molar-refractivity contribution in [3.63, 3.8) is 0 Å². The van der Waals surface area contributed by atoms with E-state index in [0.29, 0.717) is 0 Å². The van der Waals surface area contributed by atoms with Crippen LogP contribution in [0, 0.1) is 0 Å². The van der Waals surface area contributed by atoms with Crippen LogP contribution in [0.1, 0.15) is 5.56 Å². The Bertz CT molecular complexity index is 441. The van der Waals surface area contributed by atoms with Crippen LogP contribution in [0.3, 0.4) is 0 Å². The van der Waals surface area contributed by atoms with Crippen molar-refractivity contribution >= 4 is 6.21 Å². The van der Waals surface area contributed by atoms with Crippen molar-refractivity contribution in [2.24, 2.45) is 5.16 Å². The van der Waals surface area contributed by atoms with E-state index < -0.39 is 37.3 Å².